The number of rotatable bonds is 4. The summed E-state index contributed by atoms with van der Waals surface area (Å²) in [5, 5.41) is 16.4. The highest BCUT2D eigenvalue weighted by Crippen LogP contribution is 2.30. The summed E-state index contributed by atoms with van der Waals surface area (Å²) in [6.45, 7) is 7.23. The molecule has 0 saturated carbocycles. The Bertz CT molecular complexity index is 748. The third-order valence-electron chi connectivity index (χ3n) is 2.90. The van der Waals surface area contributed by atoms with Crippen LogP contribution in [0.3, 0.4) is 0 Å². The summed E-state index contributed by atoms with van der Waals surface area (Å²) in [5.74, 6) is -1.04. The number of hydrogen-bond donors (Lipinski definition) is 2. The molecule has 2 N–H and O–H groups in total. The smallest absolute Gasteiger partial charge is 0.344 e. The van der Waals surface area contributed by atoms with Gasteiger partial charge in [-0.15, -0.1) is 5.10 Å². The van der Waals surface area contributed by atoms with E-state index in [2.05, 4.69) is 15.2 Å². The number of carboxylic acids is 1. The number of aromatic nitrogens is 4. The van der Waals surface area contributed by atoms with Crippen molar-refractivity contribution in [2.24, 2.45) is 0 Å². The summed E-state index contributed by atoms with van der Waals surface area (Å²) in [7, 11) is 0. The fourth-order valence-electron chi connectivity index (χ4n) is 2.04. The quantitative estimate of drug-likeness (QED) is 0.896. The second-order valence-corrected chi connectivity index (χ2v) is 5.90. The van der Waals surface area contributed by atoms with Gasteiger partial charge < -0.3 is 5.11 Å². The molecule has 0 unspecified atom stereocenters. The van der Waals surface area contributed by atoms with Gasteiger partial charge in [-0.3, -0.25) is 4.57 Å². The van der Waals surface area contributed by atoms with E-state index < -0.39 is 5.97 Å². The first-order valence-electron chi connectivity index (χ1n) is 6.37. The van der Waals surface area contributed by atoms with Crippen LogP contribution in [-0.4, -0.2) is 30.8 Å². The Morgan fingerprint density at radius 2 is 2.10 bits per heavy atom. The fourth-order valence-corrected chi connectivity index (χ4v) is 3.24. The normalized spacial score (nSPS) is 11.1. The van der Waals surface area contributed by atoms with Crippen molar-refractivity contribution in [2.75, 3.05) is 0 Å². The Kier molecular flexibility index (Phi) is 4.17. The van der Waals surface area contributed by atoms with Gasteiger partial charge in [0.15, 0.2) is 5.16 Å². The molecule has 112 valence electrons. The van der Waals surface area contributed by atoms with Gasteiger partial charge >= 0.3 is 11.7 Å². The second-order valence-electron chi connectivity index (χ2n) is 4.94. The van der Waals surface area contributed by atoms with E-state index in [1.165, 1.54) is 4.57 Å². The number of nitrogens with one attached hydrogen (secondary N) is 1. The van der Waals surface area contributed by atoms with Crippen molar-refractivity contribution >= 4 is 17.7 Å². The number of pyridine rings is 1. The molecule has 2 aromatic heterocycles. The van der Waals surface area contributed by atoms with Crippen LogP contribution in [0.4, 0.5) is 0 Å². The van der Waals surface area contributed by atoms with Crippen LogP contribution in [0.2, 0.25) is 0 Å². The van der Waals surface area contributed by atoms with E-state index in [1.807, 2.05) is 13.8 Å². The first kappa shape index (κ1) is 15.3. The molecule has 0 bridgehead atoms. The first-order valence-corrected chi connectivity index (χ1v) is 7.19. The molecule has 0 saturated heterocycles. The number of H-pyrrole nitrogens is 1. The minimum absolute atomic E-state index is 0.0852. The molecular weight excluding hydrogens is 292 g/mol. The lowest BCUT2D eigenvalue weighted by Gasteiger charge is -2.11. The second kappa shape index (κ2) is 5.72. The first-order chi connectivity index (χ1) is 9.81. The van der Waals surface area contributed by atoms with Gasteiger partial charge in [-0.25, -0.2) is 19.7 Å². The molecule has 2 aromatic rings. The van der Waals surface area contributed by atoms with Crippen molar-refractivity contribution in [1.29, 1.82) is 0 Å². The number of carboxylic acid groups (broad SMARTS) is 1. The van der Waals surface area contributed by atoms with Crippen LogP contribution in [0.5, 0.6) is 0 Å². The Hall–Kier alpha value is -2.09. The van der Waals surface area contributed by atoms with Gasteiger partial charge in [0.1, 0.15) is 5.03 Å². The summed E-state index contributed by atoms with van der Waals surface area (Å²) in [6.07, 6.45) is 0. The number of aromatic carboxylic acids is 1. The Morgan fingerprint density at radius 1 is 1.43 bits per heavy atom. The molecule has 21 heavy (non-hydrogen) atoms. The molecular formula is C13H16N4O3S. The molecule has 0 fully saturated rings. The number of hydrogen-bond acceptors (Lipinski definition) is 5. The van der Waals surface area contributed by atoms with Crippen molar-refractivity contribution in [1.82, 2.24) is 19.7 Å². The van der Waals surface area contributed by atoms with Crippen molar-refractivity contribution in [3.8, 4) is 0 Å². The molecule has 8 heteroatoms. The maximum atomic E-state index is 11.7. The maximum Gasteiger partial charge on any atom is 0.344 e. The predicted molar refractivity (Wildman–Crippen MR) is 78.0 cm³/mol. The molecule has 2 heterocycles. The fraction of sp³-hybridized carbons (Fsp3) is 0.385. The zero-order chi connectivity index (χ0) is 15.7. The van der Waals surface area contributed by atoms with Gasteiger partial charge in [0, 0.05) is 11.7 Å². The third-order valence-corrected chi connectivity index (χ3v) is 3.86. The Morgan fingerprint density at radius 3 is 2.67 bits per heavy atom. The molecule has 0 amide bonds. The lowest BCUT2D eigenvalue weighted by atomic mass is 10.1. The molecule has 0 radical (unpaired) electrons. The van der Waals surface area contributed by atoms with E-state index >= 15 is 0 Å². The minimum atomic E-state index is -1.04. The molecule has 7 nitrogen and oxygen atoms in total. The number of carbonyl (C=O) groups is 1. The van der Waals surface area contributed by atoms with Gasteiger partial charge in [-0.05, 0) is 51.1 Å². The van der Waals surface area contributed by atoms with E-state index in [1.54, 1.807) is 19.9 Å². The summed E-state index contributed by atoms with van der Waals surface area (Å²) >= 11 is 1.08. The topological polar surface area (TPSA) is 101 Å². The molecule has 0 spiro atoms. The average molecular weight is 308 g/mol. The Balaban J connectivity index is 2.54. The van der Waals surface area contributed by atoms with Gasteiger partial charge in [-0.2, -0.15) is 0 Å². The van der Waals surface area contributed by atoms with Crippen molar-refractivity contribution < 1.29 is 9.90 Å². The van der Waals surface area contributed by atoms with Gasteiger partial charge in [0.25, 0.3) is 0 Å². The van der Waals surface area contributed by atoms with Crippen LogP contribution >= 0.6 is 11.8 Å². The van der Waals surface area contributed by atoms with Crippen LogP contribution in [0, 0.1) is 13.8 Å². The van der Waals surface area contributed by atoms with Crippen LogP contribution in [0.15, 0.2) is 21.0 Å². The summed E-state index contributed by atoms with van der Waals surface area (Å²) in [5.41, 5.74) is 1.16. The van der Waals surface area contributed by atoms with Crippen molar-refractivity contribution in [3.05, 3.63) is 33.4 Å². The van der Waals surface area contributed by atoms with E-state index in [-0.39, 0.29) is 17.3 Å². The van der Waals surface area contributed by atoms with E-state index in [0.717, 1.165) is 11.8 Å². The van der Waals surface area contributed by atoms with Crippen LogP contribution in [-0.2, 0) is 0 Å². The summed E-state index contributed by atoms with van der Waals surface area (Å²) in [6, 6.07) is 1.63. The zero-order valence-corrected chi connectivity index (χ0v) is 13.0. The maximum absolute atomic E-state index is 11.7. The SMILES string of the molecule is Cc1cc(C)c(C(=O)O)c(Sc2n[nH]c(=O)n2C(C)C)n1. The largest absolute Gasteiger partial charge is 0.478 e. The van der Waals surface area contributed by atoms with Gasteiger partial charge in [0.05, 0.1) is 5.56 Å². The highest BCUT2D eigenvalue weighted by Gasteiger charge is 2.20. The lowest BCUT2D eigenvalue weighted by Crippen LogP contribution is -2.19. The van der Waals surface area contributed by atoms with E-state index in [9.17, 15) is 14.7 Å². The standard InChI is InChI=1S/C13H16N4O3S/c1-6(2)17-12(20)15-16-13(17)21-10-9(11(18)19)7(3)5-8(4)14-10/h5-6H,1-4H3,(H,15,20)(H,18,19). The van der Waals surface area contributed by atoms with Gasteiger partial charge in [0.2, 0.25) is 0 Å². The monoisotopic (exact) mass is 308 g/mol. The highest BCUT2D eigenvalue weighted by molar-refractivity contribution is 7.99. The molecule has 2 rings (SSSR count). The molecule has 0 atom stereocenters. The third kappa shape index (κ3) is 2.99. The Labute approximate surface area is 125 Å². The molecule has 0 aliphatic rings. The van der Waals surface area contributed by atoms with Crippen molar-refractivity contribution in [3.63, 3.8) is 0 Å². The highest BCUT2D eigenvalue weighted by atomic mass is 32.2. The summed E-state index contributed by atoms with van der Waals surface area (Å²) in [4.78, 5) is 27.4. The van der Waals surface area contributed by atoms with Crippen LogP contribution in [0.1, 0.15) is 41.5 Å². The summed E-state index contributed by atoms with van der Waals surface area (Å²) < 4.78 is 1.47. The minimum Gasteiger partial charge on any atom is -0.478 e. The predicted octanol–water partition coefficient (Wildman–Crippen LogP) is 2.01. The lowest BCUT2D eigenvalue weighted by molar-refractivity contribution is 0.0691. The molecule has 0 aromatic carbocycles. The number of aromatic amines is 1. The van der Waals surface area contributed by atoms with Crippen LogP contribution in [0.25, 0.3) is 0 Å². The van der Waals surface area contributed by atoms with Crippen molar-refractivity contribution in [2.45, 2.75) is 43.9 Å². The number of aryl methyl sites for hydroxylation is 2. The molecule has 0 aliphatic heterocycles. The zero-order valence-electron chi connectivity index (χ0n) is 12.2. The molecule has 0 aliphatic carbocycles. The van der Waals surface area contributed by atoms with Crippen LogP contribution < -0.4 is 5.69 Å². The number of nitrogens with zero attached hydrogens (tertiary/aromatic N) is 3. The van der Waals surface area contributed by atoms with E-state index in [4.69, 9.17) is 0 Å². The average Bonchev–Trinajstić information content (AvgIpc) is 2.68. The van der Waals surface area contributed by atoms with E-state index in [0.29, 0.717) is 21.4 Å². The van der Waals surface area contributed by atoms with Gasteiger partial charge in [-0.1, -0.05) is 0 Å².